The van der Waals surface area contributed by atoms with Gasteiger partial charge in [0.05, 0.1) is 11.0 Å². The van der Waals surface area contributed by atoms with Crippen LogP contribution in [0.3, 0.4) is 0 Å². The van der Waals surface area contributed by atoms with Crippen LogP contribution in [0, 0.1) is 10.1 Å². The molecular formula is C22H30N4O5S. The van der Waals surface area contributed by atoms with E-state index in [1.165, 1.54) is 13.0 Å². The first-order valence-electron chi connectivity index (χ1n) is 11.2. The number of benzene rings is 1. The zero-order valence-corrected chi connectivity index (χ0v) is 19.2. The largest absolute Gasteiger partial charge is 0.376 e. The highest BCUT2D eigenvalue weighted by molar-refractivity contribution is 7.99. The maximum absolute atomic E-state index is 13.5. The fourth-order valence-corrected chi connectivity index (χ4v) is 5.90. The van der Waals surface area contributed by atoms with Gasteiger partial charge in [-0.05, 0) is 37.1 Å². The summed E-state index contributed by atoms with van der Waals surface area (Å²) in [6.45, 7) is 4.90. The highest BCUT2D eigenvalue weighted by Gasteiger charge is 2.33. The summed E-state index contributed by atoms with van der Waals surface area (Å²) in [4.78, 5) is 42.1. The maximum Gasteiger partial charge on any atom is 0.293 e. The minimum Gasteiger partial charge on any atom is -0.376 e. The minimum atomic E-state index is -0.417. The van der Waals surface area contributed by atoms with Gasteiger partial charge in [0.25, 0.3) is 11.6 Å². The fourth-order valence-electron chi connectivity index (χ4n) is 4.67. The topological polar surface area (TPSA) is 96.2 Å². The van der Waals surface area contributed by atoms with E-state index in [-0.39, 0.29) is 29.6 Å². The second-order valence-corrected chi connectivity index (χ2v) is 9.71. The van der Waals surface area contributed by atoms with Crippen molar-refractivity contribution in [2.45, 2.75) is 38.3 Å². The average Bonchev–Trinajstić information content (AvgIpc) is 3.51. The second kappa shape index (κ2) is 10.1. The molecule has 2 unspecified atom stereocenters. The standard InChI is InChI=1S/C22H30N4O5S/c1-16(27)23-7-9-24(10-8-23)20-5-4-17(13-21(20)26(29)30)22(28)25(18-6-12-32-15-18)14-19-3-2-11-31-19/h4-5,13,18-19H,2-3,6-12,14-15H2,1H3. The van der Waals surface area contributed by atoms with Gasteiger partial charge in [0.1, 0.15) is 5.69 Å². The number of piperazine rings is 1. The molecule has 1 aromatic rings. The van der Waals surface area contributed by atoms with Crippen molar-refractivity contribution in [2.75, 3.05) is 55.7 Å². The van der Waals surface area contributed by atoms with E-state index >= 15 is 0 Å². The van der Waals surface area contributed by atoms with Gasteiger partial charge in [-0.25, -0.2) is 0 Å². The SMILES string of the molecule is CC(=O)N1CCN(c2ccc(C(=O)N(CC3CCCO3)C3CCSC3)cc2[N+](=O)[O-])CC1. The van der Waals surface area contributed by atoms with E-state index in [2.05, 4.69) is 0 Å². The van der Waals surface area contributed by atoms with E-state index < -0.39 is 4.92 Å². The molecule has 3 aliphatic rings. The number of nitrogens with zero attached hydrogens (tertiary/aromatic N) is 4. The molecule has 2 amide bonds. The lowest BCUT2D eigenvalue weighted by molar-refractivity contribution is -0.384. The van der Waals surface area contributed by atoms with Crippen LogP contribution in [-0.2, 0) is 9.53 Å². The number of nitro groups is 1. The normalized spacial score (nSPS) is 23.4. The summed E-state index contributed by atoms with van der Waals surface area (Å²) in [5, 5.41) is 11.9. The van der Waals surface area contributed by atoms with Crippen molar-refractivity contribution in [2.24, 2.45) is 0 Å². The predicted octanol–water partition coefficient (Wildman–Crippen LogP) is 2.39. The molecule has 0 radical (unpaired) electrons. The average molecular weight is 463 g/mol. The summed E-state index contributed by atoms with van der Waals surface area (Å²) >= 11 is 1.83. The summed E-state index contributed by atoms with van der Waals surface area (Å²) < 4.78 is 5.77. The molecule has 3 heterocycles. The number of anilines is 1. The summed E-state index contributed by atoms with van der Waals surface area (Å²) in [6, 6.07) is 4.93. The van der Waals surface area contributed by atoms with Crippen molar-refractivity contribution in [1.29, 1.82) is 0 Å². The van der Waals surface area contributed by atoms with Crippen molar-refractivity contribution in [1.82, 2.24) is 9.80 Å². The quantitative estimate of drug-likeness (QED) is 0.473. The minimum absolute atomic E-state index is 0.0107. The molecule has 3 aliphatic heterocycles. The molecule has 0 spiro atoms. The van der Waals surface area contributed by atoms with Gasteiger partial charge in [0.2, 0.25) is 5.91 Å². The van der Waals surface area contributed by atoms with E-state index in [4.69, 9.17) is 4.74 Å². The van der Waals surface area contributed by atoms with Crippen LogP contribution < -0.4 is 4.90 Å². The second-order valence-electron chi connectivity index (χ2n) is 8.56. The highest BCUT2D eigenvalue weighted by Crippen LogP contribution is 2.32. The number of hydrogen-bond acceptors (Lipinski definition) is 7. The zero-order chi connectivity index (χ0) is 22.7. The van der Waals surface area contributed by atoms with Crippen LogP contribution in [0.5, 0.6) is 0 Å². The Labute approximate surface area is 192 Å². The monoisotopic (exact) mass is 462 g/mol. The Kier molecular flexibility index (Phi) is 7.20. The molecule has 0 N–H and O–H groups in total. The first kappa shape index (κ1) is 22.8. The number of ether oxygens (including phenoxy) is 1. The van der Waals surface area contributed by atoms with Gasteiger partial charge < -0.3 is 19.4 Å². The number of carbonyl (C=O) groups is 2. The Morgan fingerprint density at radius 2 is 2.03 bits per heavy atom. The highest BCUT2D eigenvalue weighted by atomic mass is 32.2. The predicted molar refractivity (Wildman–Crippen MR) is 123 cm³/mol. The van der Waals surface area contributed by atoms with Crippen LogP contribution in [0.15, 0.2) is 18.2 Å². The van der Waals surface area contributed by atoms with Crippen LogP contribution >= 0.6 is 11.8 Å². The Morgan fingerprint density at radius 1 is 1.25 bits per heavy atom. The number of carbonyl (C=O) groups excluding carboxylic acids is 2. The first-order valence-corrected chi connectivity index (χ1v) is 12.4. The molecule has 3 saturated heterocycles. The third kappa shape index (κ3) is 5.01. The van der Waals surface area contributed by atoms with Crippen molar-refractivity contribution < 1.29 is 19.2 Å². The summed E-state index contributed by atoms with van der Waals surface area (Å²) in [5.41, 5.74) is 0.777. The Hall–Kier alpha value is -2.33. The number of amides is 2. The Morgan fingerprint density at radius 3 is 2.62 bits per heavy atom. The van der Waals surface area contributed by atoms with Crippen molar-refractivity contribution >= 4 is 35.0 Å². The van der Waals surface area contributed by atoms with Crippen LogP contribution in [0.2, 0.25) is 0 Å². The molecule has 1 aromatic carbocycles. The van der Waals surface area contributed by atoms with Crippen LogP contribution in [0.1, 0.15) is 36.5 Å². The number of nitro benzene ring substituents is 1. The molecule has 0 saturated carbocycles. The van der Waals surface area contributed by atoms with E-state index in [1.54, 1.807) is 17.0 Å². The molecule has 32 heavy (non-hydrogen) atoms. The Bertz CT molecular complexity index is 862. The van der Waals surface area contributed by atoms with Crippen molar-refractivity contribution in [3.05, 3.63) is 33.9 Å². The molecule has 3 fully saturated rings. The maximum atomic E-state index is 13.5. The van der Waals surface area contributed by atoms with Gasteiger partial charge in [-0.2, -0.15) is 11.8 Å². The van der Waals surface area contributed by atoms with E-state index in [9.17, 15) is 19.7 Å². The fraction of sp³-hybridized carbons (Fsp3) is 0.636. The van der Waals surface area contributed by atoms with Crippen LogP contribution in [-0.4, -0.2) is 89.5 Å². The van der Waals surface area contributed by atoms with Gasteiger partial charge in [-0.15, -0.1) is 0 Å². The van der Waals surface area contributed by atoms with E-state index in [0.717, 1.165) is 37.4 Å². The number of rotatable bonds is 6. The van der Waals surface area contributed by atoms with Crippen molar-refractivity contribution in [3.8, 4) is 0 Å². The third-order valence-electron chi connectivity index (χ3n) is 6.52. The van der Waals surface area contributed by atoms with Gasteiger partial charge in [-0.3, -0.25) is 19.7 Å². The summed E-state index contributed by atoms with van der Waals surface area (Å²) in [6.07, 6.45) is 2.92. The van der Waals surface area contributed by atoms with Gasteiger partial charge in [-0.1, -0.05) is 0 Å². The Balaban J connectivity index is 1.55. The zero-order valence-electron chi connectivity index (χ0n) is 18.4. The molecule has 9 nitrogen and oxygen atoms in total. The van der Waals surface area contributed by atoms with Crippen LogP contribution in [0.4, 0.5) is 11.4 Å². The molecular weight excluding hydrogens is 432 g/mol. The lowest BCUT2D eigenvalue weighted by Crippen LogP contribution is -2.48. The number of thioether (sulfide) groups is 1. The molecule has 174 valence electrons. The number of hydrogen-bond donors (Lipinski definition) is 0. The molecule has 0 bridgehead atoms. The molecule has 10 heteroatoms. The molecule has 2 atom stereocenters. The molecule has 4 rings (SSSR count). The summed E-state index contributed by atoms with van der Waals surface area (Å²) in [7, 11) is 0. The van der Waals surface area contributed by atoms with Crippen molar-refractivity contribution in [3.63, 3.8) is 0 Å². The third-order valence-corrected chi connectivity index (χ3v) is 7.66. The smallest absolute Gasteiger partial charge is 0.293 e. The molecule has 0 aliphatic carbocycles. The van der Waals surface area contributed by atoms with Gasteiger partial charge in [0.15, 0.2) is 0 Å². The lowest BCUT2D eigenvalue weighted by Gasteiger charge is -2.35. The first-order chi connectivity index (χ1) is 15.4. The van der Waals surface area contributed by atoms with Crippen LogP contribution in [0.25, 0.3) is 0 Å². The van der Waals surface area contributed by atoms with E-state index in [1.807, 2.05) is 21.6 Å². The van der Waals surface area contributed by atoms with Gasteiger partial charge in [0, 0.05) is 69.7 Å². The summed E-state index contributed by atoms with van der Waals surface area (Å²) in [5.74, 6) is 1.75. The molecule has 0 aromatic heterocycles. The van der Waals surface area contributed by atoms with Gasteiger partial charge >= 0.3 is 0 Å². The lowest BCUT2D eigenvalue weighted by atomic mass is 10.1. The van der Waals surface area contributed by atoms with E-state index in [0.29, 0.717) is 44.0 Å².